The second kappa shape index (κ2) is 8.81. The maximum absolute atomic E-state index is 11.0. The molecule has 102 valence electrons. The van der Waals surface area contributed by atoms with Crippen molar-refractivity contribution in [3.63, 3.8) is 0 Å². The maximum Gasteiger partial charge on any atom is 0.321 e. The SMILES string of the molecule is CCCCCCCC(C)(SCC)C(N)C(=O)O. The largest absolute Gasteiger partial charge is 0.480 e. The van der Waals surface area contributed by atoms with Crippen molar-refractivity contribution < 1.29 is 9.90 Å². The lowest BCUT2D eigenvalue weighted by molar-refractivity contribution is -0.139. The van der Waals surface area contributed by atoms with Gasteiger partial charge in [-0.1, -0.05) is 46.0 Å². The lowest BCUT2D eigenvalue weighted by Gasteiger charge is -2.32. The van der Waals surface area contributed by atoms with E-state index in [0.717, 1.165) is 18.6 Å². The van der Waals surface area contributed by atoms with Gasteiger partial charge in [-0.3, -0.25) is 4.79 Å². The molecule has 0 radical (unpaired) electrons. The van der Waals surface area contributed by atoms with E-state index in [2.05, 4.69) is 13.8 Å². The highest BCUT2D eigenvalue weighted by Gasteiger charge is 2.35. The second-order valence-corrected chi connectivity index (χ2v) is 6.52. The van der Waals surface area contributed by atoms with Crippen LogP contribution in [0.2, 0.25) is 0 Å². The van der Waals surface area contributed by atoms with Gasteiger partial charge in [0.15, 0.2) is 0 Å². The van der Waals surface area contributed by atoms with Crippen molar-refractivity contribution in [3.8, 4) is 0 Å². The van der Waals surface area contributed by atoms with Crippen LogP contribution in [-0.2, 0) is 4.79 Å². The third-order valence-electron chi connectivity index (χ3n) is 3.17. The average molecular weight is 261 g/mol. The van der Waals surface area contributed by atoms with Crippen molar-refractivity contribution in [1.29, 1.82) is 0 Å². The molecule has 0 amide bonds. The van der Waals surface area contributed by atoms with E-state index in [0.29, 0.717) is 0 Å². The number of hydrogen-bond donors (Lipinski definition) is 2. The number of thioether (sulfide) groups is 1. The molecular formula is C13H27NO2S. The number of aliphatic carboxylic acids is 1. The van der Waals surface area contributed by atoms with E-state index in [1.165, 1.54) is 25.7 Å². The van der Waals surface area contributed by atoms with Crippen molar-refractivity contribution >= 4 is 17.7 Å². The molecule has 0 heterocycles. The van der Waals surface area contributed by atoms with E-state index < -0.39 is 12.0 Å². The zero-order chi connectivity index (χ0) is 13.3. The van der Waals surface area contributed by atoms with Gasteiger partial charge in [-0.25, -0.2) is 0 Å². The first-order valence-corrected chi connectivity index (χ1v) is 7.58. The third-order valence-corrected chi connectivity index (χ3v) is 4.58. The Labute approximate surface area is 110 Å². The molecule has 0 spiro atoms. The van der Waals surface area contributed by atoms with Gasteiger partial charge in [0.2, 0.25) is 0 Å². The number of nitrogens with two attached hydrogens (primary N) is 1. The summed E-state index contributed by atoms with van der Waals surface area (Å²) in [6.45, 7) is 6.23. The Morgan fingerprint density at radius 1 is 1.29 bits per heavy atom. The molecule has 0 fully saturated rings. The van der Waals surface area contributed by atoms with Crippen molar-refractivity contribution in [2.75, 3.05) is 5.75 Å². The van der Waals surface area contributed by atoms with E-state index in [9.17, 15) is 4.79 Å². The molecule has 0 aliphatic heterocycles. The molecule has 2 unspecified atom stereocenters. The Kier molecular flexibility index (Phi) is 8.70. The lowest BCUT2D eigenvalue weighted by atomic mass is 9.94. The van der Waals surface area contributed by atoms with Crippen molar-refractivity contribution in [3.05, 3.63) is 0 Å². The summed E-state index contributed by atoms with van der Waals surface area (Å²) < 4.78 is -0.327. The minimum Gasteiger partial charge on any atom is -0.480 e. The van der Waals surface area contributed by atoms with E-state index >= 15 is 0 Å². The number of carboxylic acids is 1. The van der Waals surface area contributed by atoms with Crippen LogP contribution >= 0.6 is 11.8 Å². The molecule has 0 aromatic rings. The zero-order valence-corrected chi connectivity index (χ0v) is 12.2. The molecule has 0 aromatic carbocycles. The van der Waals surface area contributed by atoms with Gasteiger partial charge in [-0.2, -0.15) is 11.8 Å². The minimum absolute atomic E-state index is 0.327. The number of rotatable bonds is 10. The van der Waals surface area contributed by atoms with E-state index in [4.69, 9.17) is 10.8 Å². The Morgan fingerprint density at radius 2 is 1.88 bits per heavy atom. The molecular weight excluding hydrogens is 234 g/mol. The molecule has 3 nitrogen and oxygen atoms in total. The van der Waals surface area contributed by atoms with Crippen LogP contribution in [0.3, 0.4) is 0 Å². The van der Waals surface area contributed by atoms with Gasteiger partial charge in [-0.05, 0) is 19.1 Å². The molecule has 0 bridgehead atoms. The second-order valence-electron chi connectivity index (χ2n) is 4.73. The Bertz CT molecular complexity index is 223. The topological polar surface area (TPSA) is 63.3 Å². The van der Waals surface area contributed by atoms with Crippen LogP contribution in [0.5, 0.6) is 0 Å². The average Bonchev–Trinajstić information content (AvgIpc) is 2.28. The first-order chi connectivity index (χ1) is 7.98. The Hall–Kier alpha value is -0.220. The predicted octanol–water partition coefficient (Wildman–Crippen LogP) is 3.27. The van der Waals surface area contributed by atoms with Crippen LogP contribution in [0.1, 0.15) is 59.3 Å². The van der Waals surface area contributed by atoms with Crippen molar-refractivity contribution in [2.45, 2.75) is 70.1 Å². The van der Waals surface area contributed by atoms with Gasteiger partial charge in [0.1, 0.15) is 6.04 Å². The number of carbonyl (C=O) groups is 1. The third kappa shape index (κ3) is 6.32. The molecule has 0 rings (SSSR count). The molecule has 0 saturated carbocycles. The summed E-state index contributed by atoms with van der Waals surface area (Å²) in [4.78, 5) is 11.0. The normalized spacial score (nSPS) is 16.5. The summed E-state index contributed by atoms with van der Waals surface area (Å²) in [5.41, 5.74) is 5.80. The summed E-state index contributed by atoms with van der Waals surface area (Å²) in [5.74, 6) is 0.0221. The van der Waals surface area contributed by atoms with Crippen LogP contribution < -0.4 is 5.73 Å². The quantitative estimate of drug-likeness (QED) is 0.592. The summed E-state index contributed by atoms with van der Waals surface area (Å²) in [5, 5.41) is 9.05. The molecule has 0 aliphatic rings. The van der Waals surface area contributed by atoms with Gasteiger partial charge in [0.25, 0.3) is 0 Å². The summed E-state index contributed by atoms with van der Waals surface area (Å²) in [6.07, 6.45) is 6.89. The molecule has 17 heavy (non-hydrogen) atoms. The van der Waals surface area contributed by atoms with Crippen LogP contribution in [0.15, 0.2) is 0 Å². The Morgan fingerprint density at radius 3 is 2.35 bits per heavy atom. The summed E-state index contributed by atoms with van der Waals surface area (Å²) >= 11 is 1.67. The zero-order valence-electron chi connectivity index (χ0n) is 11.4. The van der Waals surface area contributed by atoms with Crippen molar-refractivity contribution in [1.82, 2.24) is 0 Å². The van der Waals surface area contributed by atoms with Crippen LogP contribution in [0.4, 0.5) is 0 Å². The highest BCUT2D eigenvalue weighted by molar-refractivity contribution is 8.00. The maximum atomic E-state index is 11.0. The smallest absolute Gasteiger partial charge is 0.321 e. The molecule has 4 heteroatoms. The molecule has 2 atom stereocenters. The van der Waals surface area contributed by atoms with E-state index in [1.807, 2.05) is 6.92 Å². The molecule has 0 aromatic heterocycles. The lowest BCUT2D eigenvalue weighted by Crippen LogP contribution is -2.48. The summed E-state index contributed by atoms with van der Waals surface area (Å²) in [7, 11) is 0. The van der Waals surface area contributed by atoms with Gasteiger partial charge in [-0.15, -0.1) is 0 Å². The number of hydrogen-bond acceptors (Lipinski definition) is 3. The molecule has 0 saturated heterocycles. The van der Waals surface area contributed by atoms with Gasteiger partial charge >= 0.3 is 5.97 Å². The van der Waals surface area contributed by atoms with E-state index in [1.54, 1.807) is 11.8 Å². The fraction of sp³-hybridized carbons (Fsp3) is 0.923. The van der Waals surface area contributed by atoms with E-state index in [-0.39, 0.29) is 4.75 Å². The number of carboxylic acid groups (broad SMARTS) is 1. The fourth-order valence-electron chi connectivity index (χ4n) is 1.99. The van der Waals surface area contributed by atoms with Crippen LogP contribution in [0, 0.1) is 0 Å². The Balaban J connectivity index is 4.16. The molecule has 0 aliphatic carbocycles. The predicted molar refractivity (Wildman–Crippen MR) is 75.5 cm³/mol. The van der Waals surface area contributed by atoms with Crippen LogP contribution in [0.25, 0.3) is 0 Å². The van der Waals surface area contributed by atoms with Gasteiger partial charge in [0.05, 0.1) is 0 Å². The highest BCUT2D eigenvalue weighted by atomic mass is 32.2. The monoisotopic (exact) mass is 261 g/mol. The van der Waals surface area contributed by atoms with Gasteiger partial charge < -0.3 is 10.8 Å². The highest BCUT2D eigenvalue weighted by Crippen LogP contribution is 2.33. The first kappa shape index (κ1) is 16.8. The standard InChI is InChI=1S/C13H27NO2S/c1-4-6-7-8-9-10-13(3,17-5-2)11(14)12(15)16/h11H,4-10,14H2,1-3H3,(H,15,16). The number of unbranched alkanes of at least 4 members (excludes halogenated alkanes) is 4. The van der Waals surface area contributed by atoms with Gasteiger partial charge in [0, 0.05) is 4.75 Å². The van der Waals surface area contributed by atoms with Crippen molar-refractivity contribution in [2.24, 2.45) is 5.73 Å². The first-order valence-electron chi connectivity index (χ1n) is 6.60. The minimum atomic E-state index is -0.887. The fourth-order valence-corrected chi connectivity index (χ4v) is 3.22. The van der Waals surface area contributed by atoms with Crippen LogP contribution in [-0.4, -0.2) is 27.6 Å². The summed E-state index contributed by atoms with van der Waals surface area (Å²) in [6, 6.07) is -0.765. The molecule has 3 N–H and O–H groups in total.